The van der Waals surface area contributed by atoms with Crippen LogP contribution in [0.15, 0.2) is 42.7 Å². The molecule has 0 spiro atoms. The van der Waals surface area contributed by atoms with Gasteiger partial charge in [0.2, 0.25) is 0 Å². The maximum Gasteiger partial charge on any atom is 0.166 e. The Balaban J connectivity index is 2.44. The van der Waals surface area contributed by atoms with E-state index in [0.717, 1.165) is 17.3 Å². The van der Waals surface area contributed by atoms with Gasteiger partial charge in [0.15, 0.2) is 11.6 Å². The van der Waals surface area contributed by atoms with Crippen molar-refractivity contribution in [3.63, 3.8) is 0 Å². The highest BCUT2D eigenvalue weighted by atomic mass is 19.2. The summed E-state index contributed by atoms with van der Waals surface area (Å²) in [7, 11) is 0. The molecule has 0 unspecified atom stereocenters. The van der Waals surface area contributed by atoms with Gasteiger partial charge >= 0.3 is 0 Å². The number of nitrogens with one attached hydrogen (secondary N) is 1. The molecule has 1 N–H and O–H groups in total. The van der Waals surface area contributed by atoms with E-state index in [2.05, 4.69) is 16.9 Å². The smallest absolute Gasteiger partial charge is 0.166 e. The number of halogens is 2. The van der Waals surface area contributed by atoms with Gasteiger partial charge in [0.25, 0.3) is 0 Å². The maximum absolute atomic E-state index is 13.7. The van der Waals surface area contributed by atoms with Crippen molar-refractivity contribution < 1.29 is 8.78 Å². The second-order valence-corrected chi connectivity index (χ2v) is 4.40. The fourth-order valence-corrected chi connectivity index (χ4v) is 1.78. The number of anilines is 1. The molecule has 98 valence electrons. The number of hydrogen-bond donors (Lipinski definition) is 1. The van der Waals surface area contributed by atoms with Gasteiger partial charge in [0, 0.05) is 23.0 Å². The predicted octanol–water partition coefficient (Wildman–Crippen LogP) is 4.28. The normalized spacial score (nSPS) is 10.3. The number of rotatable bonds is 3. The van der Waals surface area contributed by atoms with E-state index in [4.69, 9.17) is 0 Å². The molecule has 1 aromatic heterocycles. The van der Waals surface area contributed by atoms with Gasteiger partial charge in [0.1, 0.15) is 5.82 Å². The van der Waals surface area contributed by atoms with E-state index in [1.165, 1.54) is 18.3 Å². The second-order valence-electron chi connectivity index (χ2n) is 4.40. The molecule has 19 heavy (non-hydrogen) atoms. The SMILES string of the molecule is C=C(C)Nc1ncc(-c2cccc(F)c2F)cc1C. The largest absolute Gasteiger partial charge is 0.344 e. The third kappa shape index (κ3) is 2.78. The number of pyridine rings is 1. The van der Waals surface area contributed by atoms with Gasteiger partial charge in [-0.2, -0.15) is 0 Å². The molecule has 2 aromatic rings. The quantitative estimate of drug-likeness (QED) is 0.890. The summed E-state index contributed by atoms with van der Waals surface area (Å²) in [5.74, 6) is -1.06. The van der Waals surface area contributed by atoms with E-state index in [0.29, 0.717) is 11.4 Å². The number of aryl methyl sites for hydroxylation is 1. The summed E-state index contributed by atoms with van der Waals surface area (Å²) in [5, 5.41) is 3.00. The van der Waals surface area contributed by atoms with Crippen molar-refractivity contribution in [3.8, 4) is 11.1 Å². The lowest BCUT2D eigenvalue weighted by atomic mass is 10.1. The van der Waals surface area contributed by atoms with E-state index in [-0.39, 0.29) is 5.56 Å². The Bertz CT molecular complexity index is 636. The van der Waals surface area contributed by atoms with Crippen LogP contribution in [0.2, 0.25) is 0 Å². The van der Waals surface area contributed by atoms with Gasteiger partial charge < -0.3 is 5.32 Å². The molecule has 0 saturated heterocycles. The average Bonchev–Trinajstić information content (AvgIpc) is 2.35. The zero-order valence-electron chi connectivity index (χ0n) is 10.8. The number of hydrogen-bond acceptors (Lipinski definition) is 2. The van der Waals surface area contributed by atoms with Crippen molar-refractivity contribution in [3.05, 3.63) is 59.9 Å². The molecule has 0 atom stereocenters. The van der Waals surface area contributed by atoms with Gasteiger partial charge in [-0.3, -0.25) is 0 Å². The molecule has 0 bridgehead atoms. The van der Waals surface area contributed by atoms with Crippen LogP contribution in [0.3, 0.4) is 0 Å². The molecular formula is C15H14F2N2. The first-order chi connectivity index (χ1) is 8.99. The van der Waals surface area contributed by atoms with Crippen molar-refractivity contribution in [1.82, 2.24) is 4.98 Å². The molecule has 1 heterocycles. The van der Waals surface area contributed by atoms with Crippen LogP contribution in [0, 0.1) is 18.6 Å². The Morgan fingerprint density at radius 2 is 2.05 bits per heavy atom. The minimum absolute atomic E-state index is 0.206. The third-order valence-corrected chi connectivity index (χ3v) is 2.67. The highest BCUT2D eigenvalue weighted by Crippen LogP contribution is 2.26. The molecular weight excluding hydrogens is 246 g/mol. The summed E-state index contributed by atoms with van der Waals surface area (Å²) in [4.78, 5) is 4.20. The van der Waals surface area contributed by atoms with Crippen molar-refractivity contribution >= 4 is 5.82 Å². The molecule has 0 aliphatic heterocycles. The highest BCUT2D eigenvalue weighted by molar-refractivity contribution is 5.66. The Labute approximate surface area is 110 Å². The maximum atomic E-state index is 13.7. The monoisotopic (exact) mass is 260 g/mol. The summed E-state index contributed by atoms with van der Waals surface area (Å²) >= 11 is 0. The summed E-state index contributed by atoms with van der Waals surface area (Å²) in [6.07, 6.45) is 1.51. The van der Waals surface area contributed by atoms with E-state index in [9.17, 15) is 8.78 Å². The van der Waals surface area contributed by atoms with Crippen LogP contribution in [-0.2, 0) is 0 Å². The molecule has 1 aromatic carbocycles. The summed E-state index contributed by atoms with van der Waals surface area (Å²) in [6, 6.07) is 5.86. The Morgan fingerprint density at radius 1 is 1.32 bits per heavy atom. The van der Waals surface area contributed by atoms with Gasteiger partial charge in [0.05, 0.1) is 0 Å². The van der Waals surface area contributed by atoms with E-state index in [1.54, 1.807) is 6.07 Å². The van der Waals surface area contributed by atoms with Crippen LogP contribution in [0.1, 0.15) is 12.5 Å². The highest BCUT2D eigenvalue weighted by Gasteiger charge is 2.11. The van der Waals surface area contributed by atoms with Crippen LogP contribution < -0.4 is 5.32 Å². The first kappa shape index (κ1) is 13.2. The van der Waals surface area contributed by atoms with Gasteiger partial charge in [-0.05, 0) is 31.5 Å². The molecule has 2 rings (SSSR count). The Hall–Kier alpha value is -2.23. The lowest BCUT2D eigenvalue weighted by Crippen LogP contribution is -2.00. The van der Waals surface area contributed by atoms with Crippen molar-refractivity contribution in [1.29, 1.82) is 0 Å². The molecule has 0 radical (unpaired) electrons. The average molecular weight is 260 g/mol. The van der Waals surface area contributed by atoms with Crippen LogP contribution in [-0.4, -0.2) is 4.98 Å². The minimum Gasteiger partial charge on any atom is -0.344 e. The zero-order chi connectivity index (χ0) is 14.0. The van der Waals surface area contributed by atoms with Crippen LogP contribution in [0.5, 0.6) is 0 Å². The van der Waals surface area contributed by atoms with Crippen molar-refractivity contribution in [2.24, 2.45) is 0 Å². The molecule has 0 aliphatic rings. The minimum atomic E-state index is -0.862. The lowest BCUT2D eigenvalue weighted by Gasteiger charge is -2.10. The lowest BCUT2D eigenvalue weighted by molar-refractivity contribution is 0.511. The van der Waals surface area contributed by atoms with Crippen molar-refractivity contribution in [2.45, 2.75) is 13.8 Å². The van der Waals surface area contributed by atoms with Gasteiger partial charge in [-0.25, -0.2) is 13.8 Å². The number of nitrogens with zero attached hydrogens (tertiary/aromatic N) is 1. The van der Waals surface area contributed by atoms with Crippen LogP contribution >= 0.6 is 0 Å². The molecule has 4 heteroatoms. The Kier molecular flexibility index (Phi) is 3.60. The fraction of sp³-hybridized carbons (Fsp3) is 0.133. The van der Waals surface area contributed by atoms with Crippen LogP contribution in [0.4, 0.5) is 14.6 Å². The van der Waals surface area contributed by atoms with E-state index >= 15 is 0 Å². The van der Waals surface area contributed by atoms with E-state index < -0.39 is 11.6 Å². The summed E-state index contributed by atoms with van der Waals surface area (Å²) in [5.41, 5.74) is 2.35. The van der Waals surface area contributed by atoms with Crippen LogP contribution in [0.25, 0.3) is 11.1 Å². The second kappa shape index (κ2) is 5.18. The predicted molar refractivity (Wildman–Crippen MR) is 72.8 cm³/mol. The zero-order valence-corrected chi connectivity index (χ0v) is 10.8. The van der Waals surface area contributed by atoms with E-state index in [1.807, 2.05) is 13.8 Å². The summed E-state index contributed by atoms with van der Waals surface area (Å²) < 4.78 is 26.9. The number of aromatic nitrogens is 1. The number of allylic oxidation sites excluding steroid dienone is 1. The van der Waals surface area contributed by atoms with Gasteiger partial charge in [-0.15, -0.1) is 0 Å². The molecule has 0 saturated carbocycles. The van der Waals surface area contributed by atoms with Crippen molar-refractivity contribution in [2.75, 3.05) is 5.32 Å². The summed E-state index contributed by atoms with van der Waals surface area (Å²) in [6.45, 7) is 7.40. The first-order valence-electron chi connectivity index (χ1n) is 5.82. The fourth-order valence-electron chi connectivity index (χ4n) is 1.78. The standard InChI is InChI=1S/C15H14F2N2/c1-9(2)19-15-10(3)7-11(8-18-15)12-5-4-6-13(16)14(12)17/h4-8H,1H2,2-3H3,(H,18,19). The Morgan fingerprint density at radius 3 is 2.68 bits per heavy atom. The number of benzene rings is 1. The first-order valence-corrected chi connectivity index (χ1v) is 5.82. The molecule has 0 fully saturated rings. The topological polar surface area (TPSA) is 24.9 Å². The molecule has 0 amide bonds. The third-order valence-electron chi connectivity index (χ3n) is 2.67. The molecule has 2 nitrogen and oxygen atoms in total. The van der Waals surface area contributed by atoms with Gasteiger partial charge in [-0.1, -0.05) is 18.7 Å². The molecule has 0 aliphatic carbocycles.